The fraction of sp³-hybridized carbons (Fsp3) is 0.500. The van der Waals surface area contributed by atoms with E-state index in [0.717, 1.165) is 0 Å². The van der Waals surface area contributed by atoms with Gasteiger partial charge in [0.25, 0.3) is 0 Å². The Morgan fingerprint density at radius 1 is 1.14 bits per heavy atom. The average Bonchev–Trinajstić information content (AvgIpc) is 2.43. The first-order valence-corrected chi connectivity index (χ1v) is 8.41. The molecule has 7 heteroatoms. The first kappa shape index (κ1) is 17.6. The van der Waals surface area contributed by atoms with Crippen molar-refractivity contribution in [3.05, 3.63) is 35.4 Å². The van der Waals surface area contributed by atoms with Gasteiger partial charge in [0, 0.05) is 6.61 Å². The van der Waals surface area contributed by atoms with Crippen molar-refractivity contribution < 1.29 is 27.8 Å². The number of benzene rings is 1. The summed E-state index contributed by atoms with van der Waals surface area (Å²) < 4.78 is 33.5. The SMILES string of the molecule is CCOCCOC(=O)CS(=O)(=O)Cc1ccc(CO)cc1. The van der Waals surface area contributed by atoms with E-state index in [0.29, 0.717) is 17.7 Å². The zero-order valence-electron chi connectivity index (χ0n) is 11.9. The van der Waals surface area contributed by atoms with E-state index >= 15 is 0 Å². The molecule has 0 radical (unpaired) electrons. The summed E-state index contributed by atoms with van der Waals surface area (Å²) in [6, 6.07) is 6.52. The number of aliphatic hydroxyl groups is 1. The number of esters is 1. The summed E-state index contributed by atoms with van der Waals surface area (Å²) >= 11 is 0. The third-order valence-corrected chi connectivity index (χ3v) is 4.07. The fourth-order valence-electron chi connectivity index (χ4n) is 1.63. The van der Waals surface area contributed by atoms with Crippen molar-refractivity contribution in [1.29, 1.82) is 0 Å². The molecule has 0 unspecified atom stereocenters. The van der Waals surface area contributed by atoms with E-state index < -0.39 is 21.6 Å². The molecule has 1 rings (SSSR count). The molecule has 1 aromatic rings. The van der Waals surface area contributed by atoms with Crippen molar-refractivity contribution in [2.24, 2.45) is 0 Å². The van der Waals surface area contributed by atoms with Crippen LogP contribution in [0, 0.1) is 0 Å². The van der Waals surface area contributed by atoms with Crippen LogP contribution in [0.1, 0.15) is 18.1 Å². The van der Waals surface area contributed by atoms with E-state index in [1.165, 1.54) is 0 Å². The van der Waals surface area contributed by atoms with E-state index in [9.17, 15) is 13.2 Å². The third-order valence-electron chi connectivity index (χ3n) is 2.62. The Morgan fingerprint density at radius 3 is 2.33 bits per heavy atom. The summed E-state index contributed by atoms with van der Waals surface area (Å²) in [4.78, 5) is 11.4. The number of aliphatic hydroxyl groups excluding tert-OH is 1. The molecular formula is C14H20O6S. The van der Waals surface area contributed by atoms with E-state index in [2.05, 4.69) is 0 Å². The fourth-order valence-corrected chi connectivity index (χ4v) is 2.87. The van der Waals surface area contributed by atoms with Crippen LogP contribution in [0.25, 0.3) is 0 Å². The second-order valence-corrected chi connectivity index (χ2v) is 6.49. The molecule has 0 spiro atoms. The van der Waals surface area contributed by atoms with Gasteiger partial charge in [-0.05, 0) is 18.1 Å². The highest BCUT2D eigenvalue weighted by Crippen LogP contribution is 2.09. The smallest absolute Gasteiger partial charge is 0.321 e. The number of hydrogen-bond donors (Lipinski definition) is 1. The largest absolute Gasteiger partial charge is 0.462 e. The van der Waals surface area contributed by atoms with Crippen LogP contribution >= 0.6 is 0 Å². The van der Waals surface area contributed by atoms with Gasteiger partial charge in [0.1, 0.15) is 12.4 Å². The summed E-state index contributed by atoms with van der Waals surface area (Å²) in [6.07, 6.45) is 0. The average molecular weight is 316 g/mol. The van der Waals surface area contributed by atoms with Gasteiger partial charge in [0.2, 0.25) is 0 Å². The number of hydrogen-bond acceptors (Lipinski definition) is 6. The number of carbonyl (C=O) groups excluding carboxylic acids is 1. The molecule has 0 aliphatic carbocycles. The summed E-state index contributed by atoms with van der Waals surface area (Å²) in [5.74, 6) is -1.66. The monoisotopic (exact) mass is 316 g/mol. The highest BCUT2D eigenvalue weighted by atomic mass is 32.2. The molecule has 118 valence electrons. The molecule has 0 heterocycles. The molecule has 1 N–H and O–H groups in total. The number of rotatable bonds is 9. The van der Waals surface area contributed by atoms with E-state index in [1.54, 1.807) is 24.3 Å². The maximum absolute atomic E-state index is 11.9. The lowest BCUT2D eigenvalue weighted by atomic mass is 10.2. The van der Waals surface area contributed by atoms with Crippen LogP contribution in [0.3, 0.4) is 0 Å². The minimum absolute atomic E-state index is 0.0490. The van der Waals surface area contributed by atoms with Crippen molar-refractivity contribution in [1.82, 2.24) is 0 Å². The van der Waals surface area contributed by atoms with Crippen LogP contribution in [0.5, 0.6) is 0 Å². The van der Waals surface area contributed by atoms with E-state index in [4.69, 9.17) is 14.6 Å². The van der Waals surface area contributed by atoms with Gasteiger partial charge in [0.05, 0.1) is 19.0 Å². The summed E-state index contributed by atoms with van der Waals surface area (Å²) in [6.45, 7) is 2.53. The lowest BCUT2D eigenvalue weighted by Crippen LogP contribution is -2.21. The van der Waals surface area contributed by atoms with E-state index in [1.807, 2.05) is 6.92 Å². The van der Waals surface area contributed by atoms with Crippen LogP contribution in [0.4, 0.5) is 0 Å². The molecule has 0 bridgehead atoms. The molecule has 0 atom stereocenters. The predicted octanol–water partition coefficient (Wildman–Crippen LogP) is 0.673. The highest BCUT2D eigenvalue weighted by molar-refractivity contribution is 7.91. The van der Waals surface area contributed by atoms with Gasteiger partial charge in [-0.25, -0.2) is 8.42 Å². The van der Waals surface area contributed by atoms with Crippen LogP contribution in [0.2, 0.25) is 0 Å². The Hall–Kier alpha value is -1.44. The quantitative estimate of drug-likeness (QED) is 0.532. The first-order chi connectivity index (χ1) is 9.96. The Bertz CT molecular complexity index is 535. The first-order valence-electron chi connectivity index (χ1n) is 6.59. The minimum Gasteiger partial charge on any atom is -0.462 e. The van der Waals surface area contributed by atoms with Crippen molar-refractivity contribution in [3.8, 4) is 0 Å². The standard InChI is InChI=1S/C14H20O6S/c1-2-19-7-8-20-14(16)11-21(17,18)10-13-5-3-12(9-15)4-6-13/h3-6,15H,2,7-11H2,1H3. The van der Waals surface area contributed by atoms with Crippen LogP contribution in [-0.2, 0) is 36.5 Å². The van der Waals surface area contributed by atoms with Gasteiger partial charge in [-0.3, -0.25) is 4.79 Å². The molecule has 21 heavy (non-hydrogen) atoms. The number of carbonyl (C=O) groups is 1. The van der Waals surface area contributed by atoms with Crippen molar-refractivity contribution in [3.63, 3.8) is 0 Å². The molecule has 6 nitrogen and oxygen atoms in total. The van der Waals surface area contributed by atoms with E-state index in [-0.39, 0.29) is 25.6 Å². The van der Waals surface area contributed by atoms with Gasteiger partial charge in [-0.1, -0.05) is 24.3 Å². The van der Waals surface area contributed by atoms with Crippen molar-refractivity contribution >= 4 is 15.8 Å². The van der Waals surface area contributed by atoms with Crippen LogP contribution < -0.4 is 0 Å². The van der Waals surface area contributed by atoms with Gasteiger partial charge >= 0.3 is 5.97 Å². The molecule has 0 amide bonds. The molecular weight excluding hydrogens is 296 g/mol. The number of sulfone groups is 1. The zero-order valence-corrected chi connectivity index (χ0v) is 12.8. The maximum atomic E-state index is 11.9. The Labute approximate surface area is 124 Å². The van der Waals surface area contributed by atoms with Crippen molar-refractivity contribution in [2.75, 3.05) is 25.6 Å². The lowest BCUT2D eigenvalue weighted by molar-refractivity contribution is -0.142. The molecule has 0 aliphatic heterocycles. The molecule has 0 fully saturated rings. The summed E-state index contributed by atoms with van der Waals surface area (Å²) in [5.41, 5.74) is 1.26. The van der Waals surface area contributed by atoms with Gasteiger partial charge in [-0.15, -0.1) is 0 Å². The zero-order chi connectivity index (χ0) is 15.7. The third kappa shape index (κ3) is 7.22. The predicted molar refractivity (Wildman–Crippen MR) is 77.3 cm³/mol. The minimum atomic E-state index is -3.57. The van der Waals surface area contributed by atoms with Crippen LogP contribution in [0.15, 0.2) is 24.3 Å². The maximum Gasteiger partial charge on any atom is 0.321 e. The second kappa shape index (κ2) is 8.76. The number of ether oxygens (including phenoxy) is 2. The molecule has 1 aromatic carbocycles. The Morgan fingerprint density at radius 2 is 1.76 bits per heavy atom. The summed E-state index contributed by atoms with van der Waals surface area (Å²) in [5, 5.41) is 8.91. The van der Waals surface area contributed by atoms with Gasteiger partial charge in [-0.2, -0.15) is 0 Å². The van der Waals surface area contributed by atoms with Gasteiger partial charge < -0.3 is 14.6 Å². The highest BCUT2D eigenvalue weighted by Gasteiger charge is 2.18. The second-order valence-electron chi connectivity index (χ2n) is 4.42. The molecule has 0 saturated carbocycles. The van der Waals surface area contributed by atoms with Crippen molar-refractivity contribution in [2.45, 2.75) is 19.3 Å². The summed E-state index contributed by atoms with van der Waals surface area (Å²) in [7, 11) is -3.57. The topological polar surface area (TPSA) is 89.9 Å². The molecule has 0 aromatic heterocycles. The molecule has 0 aliphatic rings. The van der Waals surface area contributed by atoms with Gasteiger partial charge in [0.15, 0.2) is 9.84 Å². The van der Waals surface area contributed by atoms with Crippen LogP contribution in [-0.4, -0.2) is 45.1 Å². The molecule has 0 saturated heterocycles. The normalized spacial score (nSPS) is 11.3. The Kier molecular flexibility index (Phi) is 7.35. The Balaban J connectivity index is 2.46. The lowest BCUT2D eigenvalue weighted by Gasteiger charge is -2.06.